The molecule has 2 atom stereocenters. The summed E-state index contributed by atoms with van der Waals surface area (Å²) < 4.78 is 0. The lowest BCUT2D eigenvalue weighted by Gasteiger charge is -2.20. The Morgan fingerprint density at radius 2 is 0.576 bits per heavy atom. The molecule has 0 bridgehead atoms. The van der Waals surface area contributed by atoms with Crippen LogP contribution < -0.4 is 5.32 Å². The highest BCUT2D eigenvalue weighted by Gasteiger charge is 2.18. The van der Waals surface area contributed by atoms with Gasteiger partial charge in [-0.2, -0.15) is 0 Å². The standard InChI is InChI=1S/C62H121NO3/c1-3-5-7-9-11-13-15-17-19-21-23-25-27-28-29-30-31-32-33-34-36-38-40-42-44-46-48-50-52-54-56-58-62(66)63-60(59-64)61(65)57-55-53-51-49-47-45-43-41-39-37-35-26-24-22-20-18-16-14-12-10-8-6-4-2/h21,23,55,57,60-61,64-65H,3-20,22,24-54,56,58-59H2,1-2H3,(H,63,66)/b23-21-,57-55+. The largest absolute Gasteiger partial charge is 0.394 e. The Bertz CT molecular complexity index is 963. The number of allylic oxidation sites excluding steroid dienone is 3. The molecule has 0 radical (unpaired) electrons. The molecule has 4 heteroatoms. The fraction of sp³-hybridized carbons (Fsp3) is 0.919. The predicted octanol–water partition coefficient (Wildman–Crippen LogP) is 20.3. The molecule has 2 unspecified atom stereocenters. The molecule has 0 rings (SSSR count). The molecule has 392 valence electrons. The molecule has 0 saturated heterocycles. The number of unbranched alkanes of at least 4 members (excludes halogenated alkanes) is 48. The van der Waals surface area contributed by atoms with E-state index in [1.165, 1.54) is 302 Å². The number of nitrogens with one attached hydrogen (secondary N) is 1. The Morgan fingerprint density at radius 1 is 0.348 bits per heavy atom. The summed E-state index contributed by atoms with van der Waals surface area (Å²) >= 11 is 0. The van der Waals surface area contributed by atoms with Crippen molar-refractivity contribution in [2.75, 3.05) is 6.61 Å². The molecule has 66 heavy (non-hydrogen) atoms. The predicted molar refractivity (Wildman–Crippen MR) is 295 cm³/mol. The van der Waals surface area contributed by atoms with E-state index in [4.69, 9.17) is 0 Å². The summed E-state index contributed by atoms with van der Waals surface area (Å²) in [5.41, 5.74) is 0. The van der Waals surface area contributed by atoms with Crippen LogP contribution in [0.2, 0.25) is 0 Å². The second-order valence-electron chi connectivity index (χ2n) is 21.1. The van der Waals surface area contributed by atoms with Crippen LogP contribution in [0, 0.1) is 0 Å². The maximum atomic E-state index is 12.5. The topological polar surface area (TPSA) is 69.6 Å². The minimum absolute atomic E-state index is 0.0562. The molecule has 0 heterocycles. The van der Waals surface area contributed by atoms with Crippen LogP contribution in [0.3, 0.4) is 0 Å². The number of hydrogen-bond donors (Lipinski definition) is 3. The number of amides is 1. The van der Waals surface area contributed by atoms with Gasteiger partial charge in [-0.15, -0.1) is 0 Å². The minimum Gasteiger partial charge on any atom is -0.394 e. The van der Waals surface area contributed by atoms with Gasteiger partial charge in [0.15, 0.2) is 0 Å². The molecule has 0 aliphatic heterocycles. The summed E-state index contributed by atoms with van der Waals surface area (Å²) in [7, 11) is 0. The van der Waals surface area contributed by atoms with Crippen molar-refractivity contribution in [2.45, 2.75) is 360 Å². The highest BCUT2D eigenvalue weighted by molar-refractivity contribution is 5.76. The SMILES string of the molecule is CCCCCCCCCC/C=C\CCCCCCCCCCCCCCCCCCCCCC(=O)NC(CO)C(O)/C=C/CCCCCCCCCCCCCCCCCCCCCCC. The Balaban J connectivity index is 3.43. The molecule has 0 saturated carbocycles. The molecule has 0 aliphatic carbocycles. The third-order valence-electron chi connectivity index (χ3n) is 14.4. The molecule has 0 aromatic carbocycles. The van der Waals surface area contributed by atoms with E-state index in [1.54, 1.807) is 6.08 Å². The highest BCUT2D eigenvalue weighted by atomic mass is 16.3. The smallest absolute Gasteiger partial charge is 0.220 e. The van der Waals surface area contributed by atoms with Crippen LogP contribution >= 0.6 is 0 Å². The Hall–Kier alpha value is -1.13. The van der Waals surface area contributed by atoms with Crippen molar-refractivity contribution in [3.05, 3.63) is 24.3 Å². The number of carbonyl (C=O) groups excluding carboxylic acids is 1. The lowest BCUT2D eigenvalue weighted by molar-refractivity contribution is -0.123. The molecule has 3 N–H and O–H groups in total. The van der Waals surface area contributed by atoms with E-state index in [1.807, 2.05) is 6.08 Å². The molecular weight excluding hydrogens is 807 g/mol. The van der Waals surface area contributed by atoms with E-state index < -0.39 is 12.1 Å². The van der Waals surface area contributed by atoms with Crippen molar-refractivity contribution in [1.82, 2.24) is 5.32 Å². The van der Waals surface area contributed by atoms with Gasteiger partial charge in [0.05, 0.1) is 18.8 Å². The molecule has 1 amide bonds. The fourth-order valence-electron chi connectivity index (χ4n) is 9.77. The van der Waals surface area contributed by atoms with Gasteiger partial charge in [0, 0.05) is 6.42 Å². The third-order valence-corrected chi connectivity index (χ3v) is 14.4. The van der Waals surface area contributed by atoms with E-state index in [0.29, 0.717) is 6.42 Å². The first kappa shape index (κ1) is 64.9. The Labute approximate surface area is 415 Å². The number of aliphatic hydroxyl groups is 2. The van der Waals surface area contributed by atoms with Crippen LogP contribution in [0.15, 0.2) is 24.3 Å². The minimum atomic E-state index is -0.837. The van der Waals surface area contributed by atoms with Crippen molar-refractivity contribution < 1.29 is 15.0 Å². The van der Waals surface area contributed by atoms with Crippen LogP contribution in [-0.4, -0.2) is 34.9 Å². The van der Waals surface area contributed by atoms with Gasteiger partial charge >= 0.3 is 0 Å². The average Bonchev–Trinajstić information content (AvgIpc) is 3.32. The lowest BCUT2D eigenvalue weighted by Crippen LogP contribution is -2.45. The second-order valence-corrected chi connectivity index (χ2v) is 21.1. The second kappa shape index (κ2) is 58.2. The zero-order valence-electron chi connectivity index (χ0n) is 45.2. The summed E-state index contributed by atoms with van der Waals surface area (Å²) in [6, 6.07) is -0.620. The van der Waals surface area contributed by atoms with Crippen LogP contribution in [0.4, 0.5) is 0 Å². The number of hydrogen-bond acceptors (Lipinski definition) is 3. The van der Waals surface area contributed by atoms with E-state index in [2.05, 4.69) is 31.3 Å². The first-order valence-corrected chi connectivity index (χ1v) is 30.6. The zero-order chi connectivity index (χ0) is 47.7. The van der Waals surface area contributed by atoms with Crippen LogP contribution in [0.25, 0.3) is 0 Å². The van der Waals surface area contributed by atoms with Crippen LogP contribution in [0.1, 0.15) is 348 Å². The van der Waals surface area contributed by atoms with E-state index in [-0.39, 0.29) is 12.5 Å². The monoisotopic (exact) mass is 928 g/mol. The van der Waals surface area contributed by atoms with Gasteiger partial charge in [-0.05, 0) is 44.9 Å². The normalized spacial score (nSPS) is 12.8. The maximum Gasteiger partial charge on any atom is 0.220 e. The molecule has 0 aromatic rings. The average molecular weight is 929 g/mol. The van der Waals surface area contributed by atoms with Gasteiger partial charge in [-0.3, -0.25) is 4.79 Å². The van der Waals surface area contributed by atoms with E-state index >= 15 is 0 Å². The van der Waals surface area contributed by atoms with Crippen molar-refractivity contribution in [3.63, 3.8) is 0 Å². The van der Waals surface area contributed by atoms with Crippen molar-refractivity contribution in [3.8, 4) is 0 Å². The number of carbonyl (C=O) groups is 1. The van der Waals surface area contributed by atoms with Crippen LogP contribution in [-0.2, 0) is 4.79 Å². The highest BCUT2D eigenvalue weighted by Crippen LogP contribution is 2.18. The van der Waals surface area contributed by atoms with Crippen LogP contribution in [0.5, 0.6) is 0 Å². The Morgan fingerprint density at radius 3 is 0.833 bits per heavy atom. The lowest BCUT2D eigenvalue weighted by atomic mass is 10.0. The molecular formula is C62H121NO3. The zero-order valence-corrected chi connectivity index (χ0v) is 45.2. The van der Waals surface area contributed by atoms with E-state index in [9.17, 15) is 15.0 Å². The summed E-state index contributed by atoms with van der Waals surface area (Å²) in [6.45, 7) is 4.35. The van der Waals surface area contributed by atoms with Crippen molar-refractivity contribution >= 4 is 5.91 Å². The van der Waals surface area contributed by atoms with Gasteiger partial charge in [0.1, 0.15) is 0 Å². The molecule has 0 spiro atoms. The summed E-state index contributed by atoms with van der Waals surface area (Å²) in [5, 5.41) is 23.2. The maximum absolute atomic E-state index is 12.5. The molecule has 0 aliphatic rings. The third kappa shape index (κ3) is 53.8. The Kier molecular flexibility index (Phi) is 57.2. The first-order valence-electron chi connectivity index (χ1n) is 30.6. The fourth-order valence-corrected chi connectivity index (χ4v) is 9.77. The summed E-state index contributed by atoms with van der Waals surface area (Å²) in [6.07, 6.45) is 77.9. The number of rotatable bonds is 57. The summed E-state index contributed by atoms with van der Waals surface area (Å²) in [4.78, 5) is 12.5. The number of aliphatic hydroxyl groups excluding tert-OH is 2. The first-order chi connectivity index (χ1) is 32.7. The van der Waals surface area contributed by atoms with Gasteiger partial charge in [-0.25, -0.2) is 0 Å². The molecule has 4 nitrogen and oxygen atoms in total. The summed E-state index contributed by atoms with van der Waals surface area (Å²) in [5.74, 6) is -0.0562. The van der Waals surface area contributed by atoms with E-state index in [0.717, 1.165) is 25.7 Å². The molecule has 0 aromatic heterocycles. The quantitative estimate of drug-likeness (QED) is 0.0420. The van der Waals surface area contributed by atoms with Crippen molar-refractivity contribution in [2.24, 2.45) is 0 Å². The van der Waals surface area contributed by atoms with Gasteiger partial charge in [-0.1, -0.05) is 321 Å². The van der Waals surface area contributed by atoms with Gasteiger partial charge in [0.25, 0.3) is 0 Å². The van der Waals surface area contributed by atoms with Gasteiger partial charge in [0.2, 0.25) is 5.91 Å². The molecule has 0 fully saturated rings. The van der Waals surface area contributed by atoms with Gasteiger partial charge < -0.3 is 15.5 Å². The van der Waals surface area contributed by atoms with Crippen molar-refractivity contribution in [1.29, 1.82) is 0 Å².